The van der Waals surface area contributed by atoms with Crippen LogP contribution in [0.5, 0.6) is 17.5 Å². The van der Waals surface area contributed by atoms with Crippen LogP contribution in [0.2, 0.25) is 0 Å². The van der Waals surface area contributed by atoms with Crippen molar-refractivity contribution >= 4 is 28.6 Å². The Kier molecular flexibility index (Phi) is 6.36. The molecule has 3 fully saturated rings. The molecule has 1 aromatic carbocycles. The first-order valence-electron chi connectivity index (χ1n) is 14.5. The summed E-state index contributed by atoms with van der Waals surface area (Å²) >= 11 is 0. The lowest BCUT2D eigenvalue weighted by molar-refractivity contribution is -0.165. The standard InChI is InChI=1S/C29H32N8O6/c1-3-13-36-24(39)19-21(35-27(36)42-18-6-4-5-17(14-18)41-2)34-25(33-19)28-7-10-29(11-8-28,12-9-28)26(40)43-37-16-32-20-22(37)30-15-31-23(20)38/h4-6,14-15,32H,3,7-13,16H2,1-2H3,(H,33,34)(H,30,31,38). The Hall–Kier alpha value is -4.88. The molecule has 0 atom stereocenters. The van der Waals surface area contributed by atoms with Crippen molar-refractivity contribution in [3.05, 3.63) is 57.1 Å². The minimum atomic E-state index is -0.623. The molecule has 0 radical (unpaired) electrons. The van der Waals surface area contributed by atoms with Crippen molar-refractivity contribution in [2.75, 3.05) is 24.2 Å². The Balaban J connectivity index is 1.13. The van der Waals surface area contributed by atoms with E-state index in [-0.39, 0.29) is 40.9 Å². The first kappa shape index (κ1) is 27.0. The molecule has 3 saturated carbocycles. The third-order valence-electron chi connectivity index (χ3n) is 9.12. The zero-order chi connectivity index (χ0) is 29.8. The van der Waals surface area contributed by atoms with Gasteiger partial charge in [0.05, 0.1) is 18.9 Å². The topological polar surface area (TPSA) is 169 Å². The van der Waals surface area contributed by atoms with E-state index in [1.54, 1.807) is 19.2 Å². The molecule has 1 aliphatic heterocycles. The number of imidazole rings is 1. The first-order valence-corrected chi connectivity index (χ1v) is 14.5. The monoisotopic (exact) mass is 588 g/mol. The number of benzene rings is 1. The number of fused-ring (bicyclic) bond motifs is 5. The molecule has 3 aromatic heterocycles. The fraction of sp³-hybridized carbons (Fsp3) is 0.448. The van der Waals surface area contributed by atoms with Gasteiger partial charge in [-0.25, -0.2) is 14.8 Å². The number of ether oxygens (including phenoxy) is 2. The normalized spacial score (nSPS) is 22.3. The molecule has 43 heavy (non-hydrogen) atoms. The third-order valence-corrected chi connectivity index (χ3v) is 9.12. The Morgan fingerprint density at radius 3 is 2.58 bits per heavy atom. The van der Waals surface area contributed by atoms with Gasteiger partial charge in [0.1, 0.15) is 29.7 Å². The number of rotatable bonds is 8. The predicted octanol–water partition coefficient (Wildman–Crippen LogP) is 3.35. The number of aromatic amines is 2. The number of nitrogens with zero attached hydrogens (tertiary/aromatic N) is 5. The average Bonchev–Trinajstić information content (AvgIpc) is 3.66. The summed E-state index contributed by atoms with van der Waals surface area (Å²) in [4.78, 5) is 64.4. The molecule has 4 heterocycles. The maximum atomic E-state index is 13.6. The number of hydroxylamine groups is 1. The summed E-state index contributed by atoms with van der Waals surface area (Å²) in [6, 6.07) is 7.30. The second-order valence-corrected chi connectivity index (χ2v) is 11.5. The van der Waals surface area contributed by atoms with Crippen LogP contribution in [0.15, 0.2) is 40.2 Å². The van der Waals surface area contributed by atoms with E-state index in [1.165, 1.54) is 16.0 Å². The number of H-pyrrole nitrogens is 2. The molecule has 4 aliphatic rings. The fourth-order valence-electron chi connectivity index (χ4n) is 6.57. The zero-order valence-corrected chi connectivity index (χ0v) is 23.9. The van der Waals surface area contributed by atoms with Gasteiger partial charge in [-0.1, -0.05) is 13.0 Å². The molecule has 224 valence electrons. The SMILES string of the molecule is CCCn1c(Oc2cccc(OC)c2)nc2nc(C34CCC(C(=O)ON5CNc6c5nc[nH]c6=O)(CC3)CC4)[nH]c2c1=O. The van der Waals surface area contributed by atoms with E-state index >= 15 is 0 Å². The summed E-state index contributed by atoms with van der Waals surface area (Å²) in [5, 5.41) is 4.27. The van der Waals surface area contributed by atoms with E-state index in [9.17, 15) is 14.4 Å². The molecule has 4 aromatic rings. The summed E-state index contributed by atoms with van der Waals surface area (Å²) < 4.78 is 12.9. The Labute approximate surface area is 245 Å². The van der Waals surface area contributed by atoms with Crippen LogP contribution >= 0.6 is 0 Å². The molecule has 3 aliphatic carbocycles. The first-order chi connectivity index (χ1) is 20.8. The molecule has 0 unspecified atom stereocenters. The molecule has 3 N–H and O–H groups in total. The van der Waals surface area contributed by atoms with Gasteiger partial charge < -0.3 is 29.6 Å². The number of nitrogens with one attached hydrogen (secondary N) is 3. The van der Waals surface area contributed by atoms with Gasteiger partial charge in [-0.15, -0.1) is 0 Å². The Morgan fingerprint density at radius 1 is 1.07 bits per heavy atom. The number of methoxy groups -OCH3 is 1. The van der Waals surface area contributed by atoms with Crippen LogP contribution < -0.4 is 31.0 Å². The van der Waals surface area contributed by atoms with E-state index in [1.807, 2.05) is 19.1 Å². The number of hydrogen-bond donors (Lipinski definition) is 3. The van der Waals surface area contributed by atoms with Gasteiger partial charge >= 0.3 is 12.0 Å². The molecule has 14 heteroatoms. The largest absolute Gasteiger partial charge is 0.497 e. The van der Waals surface area contributed by atoms with Crippen molar-refractivity contribution in [3.63, 3.8) is 0 Å². The molecule has 0 spiro atoms. The van der Waals surface area contributed by atoms with Crippen molar-refractivity contribution in [2.24, 2.45) is 5.41 Å². The zero-order valence-electron chi connectivity index (χ0n) is 23.9. The van der Waals surface area contributed by atoms with Crippen LogP contribution in [0.3, 0.4) is 0 Å². The van der Waals surface area contributed by atoms with Crippen molar-refractivity contribution < 1.29 is 19.1 Å². The molecule has 0 saturated heterocycles. The lowest BCUT2D eigenvalue weighted by atomic mass is 9.53. The van der Waals surface area contributed by atoms with Crippen molar-refractivity contribution in [2.45, 2.75) is 63.8 Å². The van der Waals surface area contributed by atoms with Gasteiger partial charge in [0.25, 0.3) is 11.1 Å². The van der Waals surface area contributed by atoms with Crippen molar-refractivity contribution in [1.82, 2.24) is 29.5 Å². The number of aromatic nitrogens is 6. The summed E-state index contributed by atoms with van der Waals surface area (Å²) in [6.07, 6.45) is 6.01. The van der Waals surface area contributed by atoms with E-state index in [0.717, 1.165) is 12.2 Å². The maximum Gasteiger partial charge on any atom is 0.338 e. The summed E-state index contributed by atoms with van der Waals surface area (Å²) in [7, 11) is 1.58. The van der Waals surface area contributed by atoms with Crippen LogP contribution in [0.1, 0.15) is 57.7 Å². The number of carbonyl (C=O) groups excluding carboxylic acids is 1. The minimum Gasteiger partial charge on any atom is -0.497 e. The Bertz CT molecular complexity index is 1820. The molecule has 14 nitrogen and oxygen atoms in total. The van der Waals surface area contributed by atoms with Crippen LogP contribution in [0, 0.1) is 5.41 Å². The van der Waals surface area contributed by atoms with Gasteiger partial charge in [-0.2, -0.15) is 10.0 Å². The molecule has 0 amide bonds. The average molecular weight is 589 g/mol. The quantitative estimate of drug-likeness (QED) is 0.276. The predicted molar refractivity (Wildman–Crippen MR) is 155 cm³/mol. The van der Waals surface area contributed by atoms with Crippen LogP contribution in [-0.4, -0.2) is 49.2 Å². The molecular weight excluding hydrogens is 556 g/mol. The molecular formula is C29H32N8O6. The van der Waals surface area contributed by atoms with Crippen LogP contribution in [0.25, 0.3) is 11.2 Å². The smallest absolute Gasteiger partial charge is 0.338 e. The molecule has 2 bridgehead atoms. The minimum absolute atomic E-state index is 0.159. The Morgan fingerprint density at radius 2 is 1.84 bits per heavy atom. The second-order valence-electron chi connectivity index (χ2n) is 11.5. The lowest BCUT2D eigenvalue weighted by Crippen LogP contribution is -2.50. The summed E-state index contributed by atoms with van der Waals surface area (Å²) in [6.45, 7) is 2.58. The van der Waals surface area contributed by atoms with E-state index in [2.05, 4.69) is 25.3 Å². The number of carbonyl (C=O) groups is 1. The van der Waals surface area contributed by atoms with Gasteiger partial charge in [0.2, 0.25) is 0 Å². The highest BCUT2D eigenvalue weighted by Crippen LogP contribution is 2.58. The van der Waals surface area contributed by atoms with Crippen molar-refractivity contribution in [1.29, 1.82) is 0 Å². The van der Waals surface area contributed by atoms with E-state index in [4.69, 9.17) is 19.3 Å². The lowest BCUT2D eigenvalue weighted by Gasteiger charge is -2.50. The molecule has 8 rings (SSSR count). The number of anilines is 2. The van der Waals surface area contributed by atoms with Crippen LogP contribution in [0.4, 0.5) is 11.5 Å². The summed E-state index contributed by atoms with van der Waals surface area (Å²) in [5.74, 6) is 1.84. The van der Waals surface area contributed by atoms with Crippen LogP contribution in [-0.2, 0) is 21.6 Å². The second kappa shape index (κ2) is 10.1. The van der Waals surface area contributed by atoms with Gasteiger partial charge in [0.15, 0.2) is 17.0 Å². The third kappa shape index (κ3) is 4.39. The van der Waals surface area contributed by atoms with Gasteiger partial charge in [0, 0.05) is 18.0 Å². The maximum absolute atomic E-state index is 13.6. The number of hydrogen-bond acceptors (Lipinski definition) is 11. The van der Waals surface area contributed by atoms with Gasteiger partial charge in [-0.3, -0.25) is 14.2 Å². The fourth-order valence-corrected chi connectivity index (χ4v) is 6.57. The van der Waals surface area contributed by atoms with E-state index < -0.39 is 5.41 Å². The highest BCUT2D eigenvalue weighted by molar-refractivity contribution is 5.80. The highest BCUT2D eigenvalue weighted by atomic mass is 16.7. The summed E-state index contributed by atoms with van der Waals surface area (Å²) in [5.41, 5.74) is -0.535. The highest BCUT2D eigenvalue weighted by Gasteiger charge is 2.56. The van der Waals surface area contributed by atoms with Gasteiger partial charge in [-0.05, 0) is 57.1 Å². The van der Waals surface area contributed by atoms with E-state index in [0.29, 0.717) is 73.6 Å². The van der Waals surface area contributed by atoms with Crippen molar-refractivity contribution in [3.8, 4) is 17.5 Å².